The summed E-state index contributed by atoms with van der Waals surface area (Å²) in [6, 6.07) is 1.68. The van der Waals surface area contributed by atoms with E-state index in [9.17, 15) is 14.4 Å². The monoisotopic (exact) mass is 463 g/mol. The topological polar surface area (TPSA) is 122 Å². The van der Waals surface area contributed by atoms with Gasteiger partial charge in [-0.15, -0.1) is 11.3 Å². The summed E-state index contributed by atoms with van der Waals surface area (Å²) >= 11 is 1.25. The Balaban J connectivity index is 1.71. The zero-order valence-corrected chi connectivity index (χ0v) is 19.2. The number of aliphatic hydroxyl groups is 1. The highest BCUT2D eigenvalue weighted by molar-refractivity contribution is 7.13. The molecule has 1 saturated heterocycles. The van der Waals surface area contributed by atoms with Gasteiger partial charge in [0, 0.05) is 12.6 Å². The highest BCUT2D eigenvalue weighted by Crippen LogP contribution is 2.28. The Kier molecular flexibility index (Phi) is 8.54. The molecule has 2 aromatic heterocycles. The number of quaternary nitrogens is 1. The standard InChI is InChI=1S/C22H30N4O5S/c1-16-15-32-21(22(30)23-7-10-27)20(16)24-19(29)14-26(8-4-2-3-5-9-26)13-18(28)12-17-6-11-31-25-17/h6,11,15,27H,2-5,7-10,12-14H2,1H3,(H-,23,24,29,30)/p+1. The van der Waals surface area contributed by atoms with Gasteiger partial charge in [-0.1, -0.05) is 5.16 Å². The Morgan fingerprint density at radius 3 is 2.59 bits per heavy atom. The molecule has 1 aliphatic heterocycles. The van der Waals surface area contributed by atoms with Gasteiger partial charge in [-0.05, 0) is 43.6 Å². The summed E-state index contributed by atoms with van der Waals surface area (Å²) in [5, 5.41) is 20.1. The molecule has 9 nitrogen and oxygen atoms in total. The van der Waals surface area contributed by atoms with E-state index in [1.807, 2.05) is 12.3 Å². The van der Waals surface area contributed by atoms with Crippen molar-refractivity contribution in [1.82, 2.24) is 10.5 Å². The average molecular weight is 464 g/mol. The number of aromatic nitrogens is 1. The molecule has 0 bridgehead atoms. The second kappa shape index (κ2) is 11.3. The number of carbonyl (C=O) groups excluding carboxylic acids is 3. The number of anilines is 1. The molecule has 0 saturated carbocycles. The Hall–Kier alpha value is -2.56. The molecule has 10 heteroatoms. The van der Waals surface area contributed by atoms with Crippen molar-refractivity contribution in [3.63, 3.8) is 0 Å². The zero-order valence-electron chi connectivity index (χ0n) is 18.4. The van der Waals surface area contributed by atoms with Gasteiger partial charge in [-0.25, -0.2) is 0 Å². The number of aliphatic hydroxyl groups excluding tert-OH is 1. The first-order valence-corrected chi connectivity index (χ1v) is 11.8. The third kappa shape index (κ3) is 6.47. The predicted octanol–water partition coefficient (Wildman–Crippen LogP) is 1.91. The van der Waals surface area contributed by atoms with Gasteiger partial charge in [0.05, 0.1) is 37.5 Å². The van der Waals surface area contributed by atoms with Gasteiger partial charge in [-0.2, -0.15) is 0 Å². The molecule has 1 fully saturated rings. The summed E-state index contributed by atoms with van der Waals surface area (Å²) in [6.07, 6.45) is 5.77. The van der Waals surface area contributed by atoms with Crippen LogP contribution >= 0.6 is 11.3 Å². The molecule has 3 heterocycles. The minimum Gasteiger partial charge on any atom is -0.395 e. The fourth-order valence-electron chi connectivity index (χ4n) is 4.19. The molecule has 32 heavy (non-hydrogen) atoms. The summed E-state index contributed by atoms with van der Waals surface area (Å²) in [7, 11) is 0. The second-order valence-corrected chi connectivity index (χ2v) is 9.26. The van der Waals surface area contributed by atoms with Crippen molar-refractivity contribution in [3.8, 4) is 0 Å². The number of amides is 2. The van der Waals surface area contributed by atoms with Crippen molar-refractivity contribution in [1.29, 1.82) is 0 Å². The van der Waals surface area contributed by atoms with Crippen LogP contribution in [0.1, 0.15) is 46.6 Å². The molecule has 0 atom stereocenters. The number of hydrogen-bond acceptors (Lipinski definition) is 7. The number of Topliss-reactive ketones (excluding diaryl/α,β-unsaturated/α-hetero) is 1. The third-order valence-corrected chi connectivity index (χ3v) is 6.81. The lowest BCUT2D eigenvalue weighted by molar-refractivity contribution is -0.912. The van der Waals surface area contributed by atoms with Gasteiger partial charge in [0.15, 0.2) is 12.3 Å². The zero-order chi connectivity index (χ0) is 23.0. The lowest BCUT2D eigenvalue weighted by atomic mass is 10.1. The Labute approximate surface area is 191 Å². The molecule has 3 N–H and O–H groups in total. The fraction of sp³-hybridized carbons (Fsp3) is 0.545. The Morgan fingerprint density at radius 2 is 1.94 bits per heavy atom. The lowest BCUT2D eigenvalue weighted by Crippen LogP contribution is -2.55. The van der Waals surface area contributed by atoms with Gasteiger partial charge in [0.1, 0.15) is 17.7 Å². The van der Waals surface area contributed by atoms with Crippen molar-refractivity contribution in [2.45, 2.75) is 39.0 Å². The quantitative estimate of drug-likeness (QED) is 0.463. The molecule has 0 radical (unpaired) electrons. The van der Waals surface area contributed by atoms with E-state index in [-0.39, 0.29) is 50.3 Å². The predicted molar refractivity (Wildman–Crippen MR) is 121 cm³/mol. The molecular weight excluding hydrogens is 432 g/mol. The van der Waals surface area contributed by atoms with E-state index in [1.165, 1.54) is 17.6 Å². The van der Waals surface area contributed by atoms with Crippen molar-refractivity contribution < 1.29 is 28.5 Å². The van der Waals surface area contributed by atoms with Crippen molar-refractivity contribution >= 4 is 34.6 Å². The Bertz CT molecular complexity index is 917. The summed E-state index contributed by atoms with van der Waals surface area (Å²) in [5.74, 6) is -0.503. The van der Waals surface area contributed by atoms with E-state index in [2.05, 4.69) is 15.8 Å². The second-order valence-electron chi connectivity index (χ2n) is 8.38. The first-order valence-electron chi connectivity index (χ1n) is 11.0. The highest BCUT2D eigenvalue weighted by Gasteiger charge is 2.34. The maximum Gasteiger partial charge on any atom is 0.279 e. The average Bonchev–Trinajstić information content (AvgIpc) is 3.32. The number of thiophene rings is 1. The molecule has 2 aromatic rings. The number of likely N-dealkylation sites (tertiary alicyclic amines) is 1. The van der Waals surface area contributed by atoms with E-state index in [0.717, 1.165) is 44.3 Å². The molecular formula is C22H31N4O5S+. The van der Waals surface area contributed by atoms with Crippen LogP contribution in [-0.2, 0) is 16.0 Å². The molecule has 2 amide bonds. The number of aryl methyl sites for hydroxylation is 1. The van der Waals surface area contributed by atoms with Crippen LogP contribution in [0.25, 0.3) is 0 Å². The van der Waals surface area contributed by atoms with E-state index < -0.39 is 0 Å². The van der Waals surface area contributed by atoms with Gasteiger partial charge >= 0.3 is 0 Å². The Morgan fingerprint density at radius 1 is 1.19 bits per heavy atom. The van der Waals surface area contributed by atoms with E-state index in [0.29, 0.717) is 20.7 Å². The molecule has 174 valence electrons. The molecule has 3 rings (SSSR count). The van der Waals surface area contributed by atoms with Crippen LogP contribution < -0.4 is 10.6 Å². The number of nitrogens with zero attached hydrogens (tertiary/aromatic N) is 2. The van der Waals surface area contributed by atoms with Crippen LogP contribution in [0.3, 0.4) is 0 Å². The van der Waals surface area contributed by atoms with Crippen molar-refractivity contribution in [3.05, 3.63) is 33.8 Å². The first kappa shape index (κ1) is 24.1. The van der Waals surface area contributed by atoms with Crippen LogP contribution in [0, 0.1) is 6.92 Å². The fourth-order valence-corrected chi connectivity index (χ4v) is 5.11. The minimum atomic E-state index is -0.325. The van der Waals surface area contributed by atoms with Gasteiger partial charge in [0.2, 0.25) is 0 Å². The van der Waals surface area contributed by atoms with Crippen LogP contribution in [0.15, 0.2) is 22.2 Å². The normalized spacial score (nSPS) is 15.7. The van der Waals surface area contributed by atoms with E-state index in [4.69, 9.17) is 9.63 Å². The van der Waals surface area contributed by atoms with Gasteiger partial charge in [-0.3, -0.25) is 14.4 Å². The van der Waals surface area contributed by atoms with Crippen LogP contribution in [-0.4, -0.2) is 71.7 Å². The largest absolute Gasteiger partial charge is 0.395 e. The first-order chi connectivity index (χ1) is 15.4. The van der Waals surface area contributed by atoms with Gasteiger partial charge < -0.3 is 24.7 Å². The van der Waals surface area contributed by atoms with E-state index in [1.54, 1.807) is 6.07 Å². The van der Waals surface area contributed by atoms with Crippen molar-refractivity contribution in [2.24, 2.45) is 0 Å². The smallest absolute Gasteiger partial charge is 0.279 e. The number of nitrogens with one attached hydrogen (secondary N) is 2. The van der Waals surface area contributed by atoms with Crippen LogP contribution in [0.4, 0.5) is 5.69 Å². The summed E-state index contributed by atoms with van der Waals surface area (Å²) in [5.41, 5.74) is 1.90. The maximum atomic E-state index is 13.1. The number of ketones is 1. The van der Waals surface area contributed by atoms with Crippen LogP contribution in [0.5, 0.6) is 0 Å². The van der Waals surface area contributed by atoms with Crippen molar-refractivity contribution in [2.75, 3.05) is 44.6 Å². The molecule has 0 aliphatic carbocycles. The number of carbonyl (C=O) groups is 3. The summed E-state index contributed by atoms with van der Waals surface area (Å²) < 4.78 is 5.24. The van der Waals surface area contributed by atoms with Gasteiger partial charge in [0.25, 0.3) is 11.8 Å². The third-order valence-electron chi connectivity index (χ3n) is 5.72. The number of rotatable bonds is 10. The molecule has 1 aliphatic rings. The highest BCUT2D eigenvalue weighted by atomic mass is 32.1. The van der Waals surface area contributed by atoms with E-state index >= 15 is 0 Å². The molecule has 0 spiro atoms. The lowest BCUT2D eigenvalue weighted by Gasteiger charge is -2.36. The van der Waals surface area contributed by atoms with Crippen LogP contribution in [0.2, 0.25) is 0 Å². The minimum absolute atomic E-state index is 0.0318. The molecule has 0 unspecified atom stereocenters. The summed E-state index contributed by atoms with van der Waals surface area (Å²) in [6.45, 7) is 3.82. The SMILES string of the molecule is Cc1csc(C(=O)NCCO)c1NC(=O)C[N+]1(CC(=O)Cc2ccon2)CCCCCC1. The maximum absolute atomic E-state index is 13.1. The number of hydrogen-bond donors (Lipinski definition) is 3. The summed E-state index contributed by atoms with van der Waals surface area (Å²) in [4.78, 5) is 38.7. The molecule has 0 aromatic carbocycles.